The number of carbonyl (C=O) groups excluding carboxylic acids is 2. The van der Waals surface area contributed by atoms with Gasteiger partial charge in [-0.1, -0.05) is 24.6 Å². The average Bonchev–Trinajstić information content (AvgIpc) is 3.20. The van der Waals surface area contributed by atoms with Gasteiger partial charge < -0.3 is 14.6 Å². The third kappa shape index (κ3) is 5.76. The molecule has 5 nitrogen and oxygen atoms in total. The van der Waals surface area contributed by atoms with E-state index in [1.165, 1.54) is 12.5 Å². The summed E-state index contributed by atoms with van der Waals surface area (Å²) in [6, 6.07) is 0. The Hall–Kier alpha value is -1.46. The molecule has 0 aromatic rings. The van der Waals surface area contributed by atoms with Gasteiger partial charge in [0.25, 0.3) is 0 Å². The molecule has 1 saturated heterocycles. The minimum Gasteiger partial charge on any atom is -0.465 e. The Bertz CT molecular complexity index is 604. The van der Waals surface area contributed by atoms with Crippen molar-refractivity contribution in [3.8, 4) is 0 Å². The molecule has 1 aliphatic heterocycles. The van der Waals surface area contributed by atoms with Crippen LogP contribution in [-0.4, -0.2) is 41.8 Å². The molecule has 0 bridgehead atoms. The van der Waals surface area contributed by atoms with E-state index < -0.39 is 6.10 Å². The van der Waals surface area contributed by atoms with Crippen LogP contribution in [0, 0.1) is 17.8 Å². The van der Waals surface area contributed by atoms with Gasteiger partial charge in [0, 0.05) is 19.3 Å². The van der Waals surface area contributed by atoms with Gasteiger partial charge in [0.15, 0.2) is 0 Å². The standard InChI is InChI=1S/C22H34O5/c1-14(2)7-6-8-15(3)21-18(13-26-16(4)24)17(12-23)9-10-20-22(5,27-20)11-19(21)25/h7,9,12,15,18-21,25H,6,8,10-11,13H2,1-5H3/b17-9-/t15-,18?,19-,20+,21+,22-/m1/s1. The second kappa shape index (κ2) is 9.16. The van der Waals surface area contributed by atoms with Gasteiger partial charge in [-0.05, 0) is 57.4 Å². The second-order valence-corrected chi connectivity index (χ2v) is 8.57. The minimum absolute atomic E-state index is 0.0382. The van der Waals surface area contributed by atoms with E-state index in [1.807, 2.05) is 13.0 Å². The number of aldehydes is 1. The summed E-state index contributed by atoms with van der Waals surface area (Å²) in [4.78, 5) is 23.2. The van der Waals surface area contributed by atoms with Crippen molar-refractivity contribution in [2.45, 2.75) is 78.1 Å². The zero-order valence-corrected chi connectivity index (χ0v) is 17.2. The highest BCUT2D eigenvalue weighted by Crippen LogP contribution is 2.47. The third-order valence-corrected chi connectivity index (χ3v) is 5.99. The summed E-state index contributed by atoms with van der Waals surface area (Å²) in [5.41, 5.74) is 1.54. The van der Waals surface area contributed by atoms with Crippen molar-refractivity contribution in [1.29, 1.82) is 0 Å². The van der Waals surface area contributed by atoms with Crippen LogP contribution < -0.4 is 0 Å². The van der Waals surface area contributed by atoms with Gasteiger partial charge in [-0.25, -0.2) is 0 Å². The Balaban J connectivity index is 2.30. The summed E-state index contributed by atoms with van der Waals surface area (Å²) in [5, 5.41) is 11.1. The van der Waals surface area contributed by atoms with Gasteiger partial charge in [-0.3, -0.25) is 9.59 Å². The number of carbonyl (C=O) groups is 2. The quantitative estimate of drug-likeness (QED) is 0.317. The molecule has 27 heavy (non-hydrogen) atoms. The van der Waals surface area contributed by atoms with Crippen LogP contribution in [0.4, 0.5) is 0 Å². The molecule has 1 fully saturated rings. The normalized spacial score (nSPS) is 36.0. The number of rotatable bonds is 7. The first kappa shape index (κ1) is 21.8. The summed E-state index contributed by atoms with van der Waals surface area (Å²) >= 11 is 0. The number of aliphatic hydroxyl groups excluding tert-OH is 1. The van der Waals surface area contributed by atoms with Gasteiger partial charge in [-0.2, -0.15) is 0 Å². The topological polar surface area (TPSA) is 76.1 Å². The van der Waals surface area contributed by atoms with Crippen molar-refractivity contribution in [1.82, 2.24) is 0 Å². The van der Waals surface area contributed by atoms with Gasteiger partial charge >= 0.3 is 5.97 Å². The monoisotopic (exact) mass is 378 g/mol. The smallest absolute Gasteiger partial charge is 0.302 e. The summed E-state index contributed by atoms with van der Waals surface area (Å²) in [6.45, 7) is 9.77. The fourth-order valence-electron chi connectivity index (χ4n) is 4.36. The van der Waals surface area contributed by atoms with Gasteiger partial charge in [-0.15, -0.1) is 0 Å². The van der Waals surface area contributed by atoms with E-state index in [2.05, 4.69) is 26.8 Å². The molecule has 152 valence electrons. The maximum atomic E-state index is 11.8. The molecule has 0 amide bonds. The van der Waals surface area contributed by atoms with Gasteiger partial charge in [0.1, 0.15) is 6.29 Å². The van der Waals surface area contributed by atoms with Gasteiger partial charge in [0.05, 0.1) is 24.4 Å². The van der Waals surface area contributed by atoms with Crippen LogP contribution in [0.15, 0.2) is 23.3 Å². The molecule has 0 radical (unpaired) electrons. The zero-order chi connectivity index (χ0) is 20.2. The summed E-state index contributed by atoms with van der Waals surface area (Å²) < 4.78 is 11.1. The molecular formula is C22H34O5. The van der Waals surface area contributed by atoms with E-state index in [9.17, 15) is 14.7 Å². The highest BCUT2D eigenvalue weighted by atomic mass is 16.6. The van der Waals surface area contributed by atoms with Crippen LogP contribution in [0.3, 0.4) is 0 Å². The Morgan fingerprint density at radius 3 is 2.74 bits per heavy atom. The lowest BCUT2D eigenvalue weighted by Crippen LogP contribution is -2.39. The van der Waals surface area contributed by atoms with E-state index in [1.54, 1.807) is 0 Å². The Morgan fingerprint density at radius 1 is 1.44 bits per heavy atom. The van der Waals surface area contributed by atoms with Gasteiger partial charge in [0.2, 0.25) is 0 Å². The third-order valence-electron chi connectivity index (χ3n) is 5.99. The van der Waals surface area contributed by atoms with E-state index in [0.717, 1.165) is 19.1 Å². The van der Waals surface area contributed by atoms with E-state index in [4.69, 9.17) is 9.47 Å². The number of aliphatic hydroxyl groups is 1. The second-order valence-electron chi connectivity index (χ2n) is 8.57. The highest BCUT2D eigenvalue weighted by Gasteiger charge is 2.54. The number of allylic oxidation sites excluding steroid dienone is 2. The first-order chi connectivity index (χ1) is 12.7. The Kier molecular flexibility index (Phi) is 7.40. The molecule has 2 rings (SSSR count). The van der Waals surface area contributed by atoms with Crippen LogP contribution >= 0.6 is 0 Å². The number of hydrogen-bond donors (Lipinski definition) is 1. The van der Waals surface area contributed by atoms with E-state index in [0.29, 0.717) is 18.4 Å². The number of hydrogen-bond acceptors (Lipinski definition) is 5. The van der Waals surface area contributed by atoms with Crippen molar-refractivity contribution < 1.29 is 24.2 Å². The SMILES string of the molecule is CC(=O)OCC1/C(C=O)=C\C[C@@H]2O[C@]2(C)C[C@@H](O)[C@H]1[C@H](C)CCC=C(C)C. The van der Waals surface area contributed by atoms with Crippen LogP contribution in [-0.2, 0) is 19.1 Å². The number of fused-ring (bicyclic) bond motifs is 1. The summed E-state index contributed by atoms with van der Waals surface area (Å²) in [5.74, 6) is -0.683. The number of ether oxygens (including phenoxy) is 2. The fourth-order valence-corrected chi connectivity index (χ4v) is 4.36. The average molecular weight is 379 g/mol. The molecule has 0 aromatic heterocycles. The maximum absolute atomic E-state index is 11.8. The molecule has 1 unspecified atom stereocenters. The minimum atomic E-state index is -0.622. The van der Waals surface area contributed by atoms with Crippen LogP contribution in [0.5, 0.6) is 0 Å². The molecule has 6 atom stereocenters. The van der Waals surface area contributed by atoms with Crippen molar-refractivity contribution in [2.75, 3.05) is 6.61 Å². The molecule has 1 heterocycles. The molecule has 0 saturated carbocycles. The Labute approximate surface area is 162 Å². The largest absolute Gasteiger partial charge is 0.465 e. The van der Waals surface area contributed by atoms with Crippen molar-refractivity contribution in [3.63, 3.8) is 0 Å². The molecule has 1 aliphatic carbocycles. The first-order valence-electron chi connectivity index (χ1n) is 9.95. The lowest BCUT2D eigenvalue weighted by atomic mass is 9.72. The molecule has 2 aliphatic rings. The first-order valence-corrected chi connectivity index (χ1v) is 9.95. The van der Waals surface area contributed by atoms with E-state index >= 15 is 0 Å². The predicted molar refractivity (Wildman–Crippen MR) is 104 cm³/mol. The summed E-state index contributed by atoms with van der Waals surface area (Å²) in [7, 11) is 0. The summed E-state index contributed by atoms with van der Waals surface area (Å²) in [6.07, 6.45) is 7.36. The van der Waals surface area contributed by atoms with Crippen molar-refractivity contribution in [2.24, 2.45) is 17.8 Å². The fraction of sp³-hybridized carbons (Fsp3) is 0.727. The van der Waals surface area contributed by atoms with E-state index in [-0.39, 0.29) is 42.0 Å². The molecule has 0 aromatic carbocycles. The van der Waals surface area contributed by atoms with Crippen LogP contribution in [0.1, 0.15) is 60.3 Å². The molecule has 5 heteroatoms. The molecule has 0 spiro atoms. The van der Waals surface area contributed by atoms with Crippen LogP contribution in [0.25, 0.3) is 0 Å². The van der Waals surface area contributed by atoms with Crippen molar-refractivity contribution >= 4 is 12.3 Å². The lowest BCUT2D eigenvalue weighted by molar-refractivity contribution is -0.143. The Morgan fingerprint density at radius 2 is 2.15 bits per heavy atom. The highest BCUT2D eigenvalue weighted by molar-refractivity contribution is 5.74. The molecule has 1 N–H and O–H groups in total. The maximum Gasteiger partial charge on any atom is 0.302 e. The van der Waals surface area contributed by atoms with Crippen LogP contribution in [0.2, 0.25) is 0 Å². The zero-order valence-electron chi connectivity index (χ0n) is 17.2. The number of epoxide rings is 1. The number of esters is 1. The molecular weight excluding hydrogens is 344 g/mol. The lowest BCUT2D eigenvalue weighted by Gasteiger charge is -2.36. The predicted octanol–water partition coefficient (Wildman–Crippen LogP) is 3.60. The van der Waals surface area contributed by atoms with Crippen molar-refractivity contribution in [3.05, 3.63) is 23.3 Å².